The number of aliphatic hydroxyl groups is 4. The molecule has 0 radical (unpaired) electrons. The van der Waals surface area contributed by atoms with E-state index in [1.54, 1.807) is 0 Å². The van der Waals surface area contributed by atoms with Gasteiger partial charge >= 0.3 is 5.97 Å². The van der Waals surface area contributed by atoms with Gasteiger partial charge in [0.25, 0.3) is 0 Å². The van der Waals surface area contributed by atoms with Gasteiger partial charge in [-0.15, -0.1) is 0 Å². The van der Waals surface area contributed by atoms with Crippen LogP contribution in [0.25, 0.3) is 0 Å². The lowest BCUT2D eigenvalue weighted by molar-refractivity contribution is -0.305. The quantitative estimate of drug-likeness (QED) is 0.0267. The molecule has 0 bridgehead atoms. The van der Waals surface area contributed by atoms with Gasteiger partial charge in [-0.3, -0.25) is 4.79 Å². The van der Waals surface area contributed by atoms with Gasteiger partial charge in [-0.25, -0.2) is 0 Å². The number of carbonyl (C=O) groups is 1. The molecule has 9 heteroatoms. The zero-order chi connectivity index (χ0) is 47.1. The van der Waals surface area contributed by atoms with Gasteiger partial charge < -0.3 is 39.4 Å². The molecule has 0 saturated carbocycles. The normalized spacial score (nSPS) is 19.5. The number of aliphatic hydroxyl groups excluding tert-OH is 4. The monoisotopic (exact) mass is 923 g/mol. The Morgan fingerprint density at radius 1 is 0.477 bits per heavy atom. The van der Waals surface area contributed by atoms with Crippen LogP contribution in [0.3, 0.4) is 0 Å². The summed E-state index contributed by atoms with van der Waals surface area (Å²) in [6, 6.07) is 0. The minimum Gasteiger partial charge on any atom is -0.457 e. The van der Waals surface area contributed by atoms with Gasteiger partial charge in [-0.2, -0.15) is 0 Å². The van der Waals surface area contributed by atoms with Gasteiger partial charge in [0.15, 0.2) is 6.29 Å². The molecule has 1 rings (SSSR count). The molecule has 6 atom stereocenters. The van der Waals surface area contributed by atoms with E-state index in [0.717, 1.165) is 44.9 Å². The van der Waals surface area contributed by atoms with Crippen molar-refractivity contribution >= 4 is 5.97 Å². The first-order chi connectivity index (χ1) is 31.9. The second-order valence-electron chi connectivity index (χ2n) is 19.4. The molecular weight excluding hydrogens is 817 g/mol. The average Bonchev–Trinajstić information content (AvgIpc) is 3.31. The zero-order valence-corrected chi connectivity index (χ0v) is 42.5. The van der Waals surface area contributed by atoms with Gasteiger partial charge in [0.05, 0.1) is 19.8 Å². The van der Waals surface area contributed by atoms with Gasteiger partial charge in [0, 0.05) is 13.0 Å². The number of carbonyl (C=O) groups excluding carboxylic acids is 1. The lowest BCUT2D eigenvalue weighted by Gasteiger charge is -2.39. The fraction of sp³-hybridized carbons (Fsp3) is 0.911. The molecule has 1 aliphatic rings. The molecule has 384 valence electrons. The van der Waals surface area contributed by atoms with Crippen molar-refractivity contribution in [2.75, 3.05) is 26.4 Å². The van der Waals surface area contributed by atoms with Crippen LogP contribution in [0.2, 0.25) is 0 Å². The van der Waals surface area contributed by atoms with Crippen LogP contribution >= 0.6 is 0 Å². The lowest BCUT2D eigenvalue weighted by atomic mass is 9.99. The van der Waals surface area contributed by atoms with Gasteiger partial charge in [-0.1, -0.05) is 218 Å². The van der Waals surface area contributed by atoms with Crippen LogP contribution in [0.15, 0.2) is 24.3 Å². The molecule has 65 heavy (non-hydrogen) atoms. The second kappa shape index (κ2) is 47.7. The summed E-state index contributed by atoms with van der Waals surface area (Å²) in [7, 11) is 0. The average molecular weight is 923 g/mol. The minimum atomic E-state index is -1.54. The third kappa shape index (κ3) is 38.2. The molecule has 1 fully saturated rings. The van der Waals surface area contributed by atoms with Crippen LogP contribution in [0.5, 0.6) is 0 Å². The van der Waals surface area contributed by atoms with Crippen molar-refractivity contribution in [2.24, 2.45) is 0 Å². The Bertz CT molecular complexity index is 1050. The molecule has 1 heterocycles. The zero-order valence-electron chi connectivity index (χ0n) is 42.5. The van der Waals surface area contributed by atoms with Crippen LogP contribution in [0.1, 0.15) is 264 Å². The van der Waals surface area contributed by atoms with Crippen molar-refractivity contribution in [3.8, 4) is 0 Å². The van der Waals surface area contributed by atoms with E-state index < -0.39 is 43.4 Å². The summed E-state index contributed by atoms with van der Waals surface area (Å²) in [5.41, 5.74) is 0. The molecule has 0 aromatic heterocycles. The molecule has 6 unspecified atom stereocenters. The molecule has 0 aromatic rings. The van der Waals surface area contributed by atoms with Crippen molar-refractivity contribution < 1.29 is 44.2 Å². The Morgan fingerprint density at radius 3 is 1.25 bits per heavy atom. The first-order valence-electron chi connectivity index (χ1n) is 27.9. The number of allylic oxidation sites excluding steroid dienone is 4. The fourth-order valence-corrected chi connectivity index (χ4v) is 8.72. The molecular formula is C56H106O9. The highest BCUT2D eigenvalue weighted by Gasteiger charge is 2.44. The van der Waals surface area contributed by atoms with E-state index in [4.69, 9.17) is 18.9 Å². The number of hydrogen-bond acceptors (Lipinski definition) is 9. The van der Waals surface area contributed by atoms with Gasteiger partial charge in [-0.05, 0) is 64.2 Å². The van der Waals surface area contributed by atoms with E-state index in [9.17, 15) is 25.2 Å². The second-order valence-corrected chi connectivity index (χ2v) is 19.4. The number of unbranched alkanes of at least 4 members (excludes halogenated alkanes) is 34. The van der Waals surface area contributed by atoms with Crippen LogP contribution < -0.4 is 0 Å². The summed E-state index contributed by atoms with van der Waals surface area (Å²) in [5, 5.41) is 40.3. The van der Waals surface area contributed by atoms with Crippen molar-refractivity contribution in [2.45, 2.75) is 301 Å². The fourth-order valence-electron chi connectivity index (χ4n) is 8.72. The van der Waals surface area contributed by atoms with Gasteiger partial charge in [0.1, 0.15) is 30.5 Å². The van der Waals surface area contributed by atoms with Crippen molar-refractivity contribution in [1.29, 1.82) is 0 Å². The number of hydrogen-bond donors (Lipinski definition) is 4. The Morgan fingerprint density at radius 2 is 0.846 bits per heavy atom. The molecule has 4 N–H and O–H groups in total. The molecule has 9 nitrogen and oxygen atoms in total. The van der Waals surface area contributed by atoms with E-state index in [2.05, 4.69) is 38.2 Å². The summed E-state index contributed by atoms with van der Waals surface area (Å²) in [6.07, 6.45) is 50.8. The predicted molar refractivity (Wildman–Crippen MR) is 270 cm³/mol. The van der Waals surface area contributed by atoms with E-state index in [-0.39, 0.29) is 19.2 Å². The third-order valence-electron chi connectivity index (χ3n) is 13.1. The van der Waals surface area contributed by atoms with Gasteiger partial charge in [0.2, 0.25) is 0 Å². The molecule has 0 aliphatic carbocycles. The van der Waals surface area contributed by atoms with E-state index in [0.29, 0.717) is 13.0 Å². The predicted octanol–water partition coefficient (Wildman–Crippen LogP) is 14.1. The van der Waals surface area contributed by atoms with E-state index in [1.165, 1.54) is 199 Å². The molecule has 1 aliphatic heterocycles. The maximum absolute atomic E-state index is 12.8. The Balaban J connectivity index is 2.13. The molecule has 0 spiro atoms. The smallest absolute Gasteiger partial charge is 0.306 e. The Hall–Kier alpha value is -1.33. The highest BCUT2D eigenvalue weighted by atomic mass is 16.7. The summed E-state index contributed by atoms with van der Waals surface area (Å²) in [5.74, 6) is -0.317. The molecule has 1 saturated heterocycles. The van der Waals surface area contributed by atoms with Crippen molar-refractivity contribution in [1.82, 2.24) is 0 Å². The van der Waals surface area contributed by atoms with Crippen LogP contribution in [-0.4, -0.2) is 89.6 Å². The summed E-state index contributed by atoms with van der Waals surface area (Å²) in [4.78, 5) is 12.8. The number of rotatable bonds is 49. The Labute approximate surface area is 400 Å². The van der Waals surface area contributed by atoms with Crippen LogP contribution in [-0.2, 0) is 23.7 Å². The van der Waals surface area contributed by atoms with E-state index in [1.807, 2.05) is 0 Å². The lowest BCUT2D eigenvalue weighted by Crippen LogP contribution is -2.59. The van der Waals surface area contributed by atoms with E-state index >= 15 is 0 Å². The van der Waals surface area contributed by atoms with Crippen LogP contribution in [0, 0.1) is 0 Å². The SMILES string of the molecule is CCCCCCCCC/C=C\CCCCCCCC(=O)OC(COCCCCCCCCCCCCCCCC/C=C\CCCCCCCCCC)COC1OC(CO)C(O)C(O)C1O. The number of ether oxygens (including phenoxy) is 4. The highest BCUT2D eigenvalue weighted by Crippen LogP contribution is 2.23. The van der Waals surface area contributed by atoms with Crippen molar-refractivity contribution in [3.63, 3.8) is 0 Å². The molecule has 0 amide bonds. The Kier molecular flexibility index (Phi) is 45.3. The standard InChI is InChI=1S/C56H106O9/c1-3-5-7-9-11-13-15-17-19-21-22-23-24-25-26-27-28-29-30-32-34-36-38-40-42-44-46-62-48-50(49-63-56-55(61)54(60)53(59)51(47-57)65-56)64-52(58)45-43-41-39-37-35-33-31-20-18-16-14-12-10-8-6-4-2/h20-22,31,50-51,53-57,59-61H,3-19,23-30,32-49H2,1-2H3/b22-21-,31-20-. The minimum absolute atomic E-state index is 0.113. The topological polar surface area (TPSA) is 135 Å². The van der Waals surface area contributed by atoms with Crippen LogP contribution in [0.4, 0.5) is 0 Å². The third-order valence-corrected chi connectivity index (χ3v) is 13.1. The maximum atomic E-state index is 12.8. The van der Waals surface area contributed by atoms with Crippen molar-refractivity contribution in [3.05, 3.63) is 24.3 Å². The summed E-state index contributed by atoms with van der Waals surface area (Å²) >= 11 is 0. The maximum Gasteiger partial charge on any atom is 0.306 e. The largest absolute Gasteiger partial charge is 0.457 e. The summed E-state index contributed by atoms with van der Waals surface area (Å²) in [6.45, 7) is 4.59. The first kappa shape index (κ1) is 61.7. The first-order valence-corrected chi connectivity index (χ1v) is 27.9. The highest BCUT2D eigenvalue weighted by molar-refractivity contribution is 5.69. The summed E-state index contributed by atoms with van der Waals surface area (Å²) < 4.78 is 22.9. The molecule has 0 aromatic carbocycles. The number of esters is 1.